The molecule has 0 fully saturated rings. The number of carbonyl (C=O) groups excluding carboxylic acids is 1. The molecular weight excluding hydrogens is 440 g/mol. The largest absolute Gasteiger partial charge is 0.486 e. The Kier molecular flexibility index (Phi) is 7.33. The standard InChI is InChI=1S/C22H27ClN2O5S/c1-15-6-8-18(23)14-19(15)25(31(3,27)28)10-4-5-22(26)24-16(2)17-7-9-20-21(13-17)30-12-11-29-20/h6-9,13-14,16H,4-5,10-12H2,1-3H3,(H,24,26)/t16-/m0/s1. The number of carbonyl (C=O) groups is 1. The number of fused-ring (bicyclic) bond motifs is 1. The number of nitrogens with one attached hydrogen (secondary N) is 1. The van der Waals surface area contributed by atoms with E-state index in [1.54, 1.807) is 18.2 Å². The van der Waals surface area contributed by atoms with E-state index in [4.69, 9.17) is 21.1 Å². The molecule has 0 bridgehead atoms. The van der Waals surface area contributed by atoms with Crippen LogP contribution >= 0.6 is 11.6 Å². The Morgan fingerprint density at radius 3 is 2.58 bits per heavy atom. The van der Waals surface area contributed by atoms with Gasteiger partial charge in [-0.1, -0.05) is 23.7 Å². The van der Waals surface area contributed by atoms with Gasteiger partial charge < -0.3 is 14.8 Å². The number of hydrogen-bond acceptors (Lipinski definition) is 5. The van der Waals surface area contributed by atoms with Crippen LogP contribution in [0.15, 0.2) is 36.4 Å². The quantitative estimate of drug-likeness (QED) is 0.638. The molecule has 1 atom stereocenters. The lowest BCUT2D eigenvalue weighted by molar-refractivity contribution is -0.121. The number of anilines is 1. The van der Waals surface area contributed by atoms with Crippen molar-refractivity contribution in [1.82, 2.24) is 5.32 Å². The number of amides is 1. The fourth-order valence-electron chi connectivity index (χ4n) is 3.43. The number of halogens is 1. The summed E-state index contributed by atoms with van der Waals surface area (Å²) in [6, 6.07) is 10.5. The Balaban J connectivity index is 1.58. The van der Waals surface area contributed by atoms with Crippen LogP contribution < -0.4 is 19.1 Å². The molecule has 168 valence electrons. The summed E-state index contributed by atoms with van der Waals surface area (Å²) < 4.78 is 37.0. The van der Waals surface area contributed by atoms with E-state index in [1.807, 2.05) is 32.0 Å². The maximum Gasteiger partial charge on any atom is 0.232 e. The zero-order valence-corrected chi connectivity index (χ0v) is 19.4. The van der Waals surface area contributed by atoms with Crippen molar-refractivity contribution in [2.24, 2.45) is 0 Å². The van der Waals surface area contributed by atoms with Gasteiger partial charge in [-0.3, -0.25) is 9.10 Å². The molecule has 2 aromatic carbocycles. The highest BCUT2D eigenvalue weighted by atomic mass is 35.5. The maximum absolute atomic E-state index is 12.4. The van der Waals surface area contributed by atoms with Crippen molar-refractivity contribution in [2.45, 2.75) is 32.7 Å². The number of benzene rings is 2. The van der Waals surface area contributed by atoms with Crippen LogP contribution in [0.5, 0.6) is 11.5 Å². The SMILES string of the molecule is Cc1ccc(Cl)cc1N(CCCC(=O)N[C@@H](C)c1ccc2c(c1)OCCO2)S(C)(=O)=O. The van der Waals surface area contributed by atoms with Crippen LogP contribution in [0, 0.1) is 6.92 Å². The van der Waals surface area contributed by atoms with E-state index in [2.05, 4.69) is 5.32 Å². The van der Waals surface area contributed by atoms with E-state index in [0.717, 1.165) is 17.4 Å². The van der Waals surface area contributed by atoms with Crippen LogP contribution in [0.4, 0.5) is 5.69 Å². The molecule has 1 N–H and O–H groups in total. The smallest absolute Gasteiger partial charge is 0.232 e. The molecule has 3 rings (SSSR count). The van der Waals surface area contributed by atoms with Gasteiger partial charge in [0.05, 0.1) is 18.0 Å². The van der Waals surface area contributed by atoms with Crippen LogP contribution in [0.3, 0.4) is 0 Å². The molecule has 31 heavy (non-hydrogen) atoms. The average Bonchev–Trinajstić information content (AvgIpc) is 2.72. The van der Waals surface area contributed by atoms with Crippen molar-refractivity contribution in [3.05, 3.63) is 52.5 Å². The zero-order valence-electron chi connectivity index (χ0n) is 17.9. The Labute approximate surface area is 188 Å². The van der Waals surface area contributed by atoms with E-state index in [1.165, 1.54) is 4.31 Å². The van der Waals surface area contributed by atoms with Crippen molar-refractivity contribution < 1.29 is 22.7 Å². The van der Waals surface area contributed by atoms with Crippen LogP contribution in [-0.4, -0.2) is 40.3 Å². The normalized spacial score (nSPS) is 14.1. The minimum absolute atomic E-state index is 0.154. The first kappa shape index (κ1) is 23.2. The highest BCUT2D eigenvalue weighted by molar-refractivity contribution is 7.92. The van der Waals surface area contributed by atoms with Crippen LogP contribution in [0.2, 0.25) is 5.02 Å². The lowest BCUT2D eigenvalue weighted by atomic mass is 10.1. The molecule has 1 aliphatic heterocycles. The van der Waals surface area contributed by atoms with Gasteiger partial charge in [0.2, 0.25) is 15.9 Å². The van der Waals surface area contributed by atoms with Gasteiger partial charge >= 0.3 is 0 Å². The van der Waals surface area contributed by atoms with Crippen LogP contribution in [0.25, 0.3) is 0 Å². The number of rotatable bonds is 8. The van der Waals surface area contributed by atoms with E-state index < -0.39 is 10.0 Å². The van der Waals surface area contributed by atoms with Crippen molar-refractivity contribution in [3.8, 4) is 11.5 Å². The Morgan fingerprint density at radius 2 is 1.87 bits per heavy atom. The van der Waals surface area contributed by atoms with Crippen molar-refractivity contribution in [3.63, 3.8) is 0 Å². The molecular formula is C22H27ClN2O5S. The first-order valence-corrected chi connectivity index (χ1v) is 12.3. The number of hydrogen-bond donors (Lipinski definition) is 1. The number of sulfonamides is 1. The topological polar surface area (TPSA) is 84.9 Å². The number of nitrogens with zero attached hydrogens (tertiary/aromatic N) is 1. The minimum atomic E-state index is -3.51. The molecule has 0 aromatic heterocycles. The lowest BCUT2D eigenvalue weighted by Crippen LogP contribution is -2.33. The van der Waals surface area contributed by atoms with Gasteiger partial charge in [0.25, 0.3) is 0 Å². The highest BCUT2D eigenvalue weighted by Crippen LogP contribution is 2.32. The molecule has 0 saturated carbocycles. The van der Waals surface area contributed by atoms with Gasteiger partial charge in [0, 0.05) is 18.0 Å². The highest BCUT2D eigenvalue weighted by Gasteiger charge is 2.20. The summed E-state index contributed by atoms with van der Waals surface area (Å²) >= 11 is 6.05. The predicted molar refractivity (Wildman–Crippen MR) is 122 cm³/mol. The van der Waals surface area contributed by atoms with Crippen LogP contribution in [-0.2, 0) is 14.8 Å². The zero-order chi connectivity index (χ0) is 22.6. The third-order valence-electron chi connectivity index (χ3n) is 5.05. The van der Waals surface area contributed by atoms with Gasteiger partial charge in [-0.2, -0.15) is 0 Å². The van der Waals surface area contributed by atoms with Gasteiger partial charge in [-0.15, -0.1) is 0 Å². The van der Waals surface area contributed by atoms with Gasteiger partial charge in [0.15, 0.2) is 11.5 Å². The molecule has 0 radical (unpaired) electrons. The fourth-order valence-corrected chi connectivity index (χ4v) is 4.61. The molecule has 0 unspecified atom stereocenters. The molecule has 1 amide bonds. The molecule has 2 aromatic rings. The third kappa shape index (κ3) is 6.04. The molecule has 1 aliphatic rings. The third-order valence-corrected chi connectivity index (χ3v) is 6.46. The summed E-state index contributed by atoms with van der Waals surface area (Å²) in [4.78, 5) is 12.4. The molecule has 0 saturated heterocycles. The second-order valence-electron chi connectivity index (χ2n) is 7.56. The average molecular weight is 467 g/mol. The van der Waals surface area contributed by atoms with E-state index >= 15 is 0 Å². The van der Waals surface area contributed by atoms with E-state index in [-0.39, 0.29) is 24.9 Å². The second kappa shape index (κ2) is 9.78. The minimum Gasteiger partial charge on any atom is -0.486 e. The molecule has 0 aliphatic carbocycles. The summed E-state index contributed by atoms with van der Waals surface area (Å²) in [6.07, 6.45) is 1.72. The molecule has 9 heteroatoms. The maximum atomic E-state index is 12.4. The van der Waals surface area contributed by atoms with E-state index in [9.17, 15) is 13.2 Å². The number of aryl methyl sites for hydroxylation is 1. The summed E-state index contributed by atoms with van der Waals surface area (Å²) in [6.45, 7) is 4.93. The van der Waals surface area contributed by atoms with Crippen molar-refractivity contribution in [2.75, 3.05) is 30.3 Å². The van der Waals surface area contributed by atoms with Gasteiger partial charge in [-0.05, 0) is 55.7 Å². The monoisotopic (exact) mass is 466 g/mol. The summed E-state index contributed by atoms with van der Waals surface area (Å²) in [7, 11) is -3.51. The second-order valence-corrected chi connectivity index (χ2v) is 9.91. The van der Waals surface area contributed by atoms with E-state index in [0.29, 0.717) is 41.8 Å². The molecule has 0 spiro atoms. The molecule has 7 nitrogen and oxygen atoms in total. The Morgan fingerprint density at radius 1 is 1.16 bits per heavy atom. The van der Waals surface area contributed by atoms with Gasteiger partial charge in [-0.25, -0.2) is 8.42 Å². The fraction of sp³-hybridized carbons (Fsp3) is 0.409. The first-order valence-electron chi connectivity index (χ1n) is 10.1. The predicted octanol–water partition coefficient (Wildman–Crippen LogP) is 3.84. The summed E-state index contributed by atoms with van der Waals surface area (Å²) in [5.74, 6) is 1.22. The van der Waals surface area contributed by atoms with Crippen molar-refractivity contribution in [1.29, 1.82) is 0 Å². The Hall–Kier alpha value is -2.45. The van der Waals surface area contributed by atoms with Gasteiger partial charge in [0.1, 0.15) is 13.2 Å². The van der Waals surface area contributed by atoms with Crippen LogP contribution in [0.1, 0.15) is 36.9 Å². The Bertz CT molecular complexity index is 1060. The lowest BCUT2D eigenvalue weighted by Gasteiger charge is -2.24. The summed E-state index contributed by atoms with van der Waals surface area (Å²) in [5.41, 5.74) is 2.23. The van der Waals surface area contributed by atoms with Crippen molar-refractivity contribution >= 4 is 33.2 Å². The summed E-state index contributed by atoms with van der Waals surface area (Å²) in [5, 5.41) is 3.41. The number of ether oxygens (including phenoxy) is 2. The molecule has 1 heterocycles. The first-order chi connectivity index (χ1) is 14.6.